The molecule has 1 rings (SSSR count). The van der Waals surface area contributed by atoms with Gasteiger partial charge in [-0.15, -0.1) is 0 Å². The summed E-state index contributed by atoms with van der Waals surface area (Å²) in [5.41, 5.74) is -0.632. The zero-order valence-corrected chi connectivity index (χ0v) is 12.0. The summed E-state index contributed by atoms with van der Waals surface area (Å²) in [5, 5.41) is 15.1. The van der Waals surface area contributed by atoms with Crippen LogP contribution in [0.15, 0.2) is 18.2 Å². The maximum Gasteiger partial charge on any atom is 0.319 e. The van der Waals surface area contributed by atoms with E-state index >= 15 is 0 Å². The summed E-state index contributed by atoms with van der Waals surface area (Å²) >= 11 is 0. The predicted molar refractivity (Wildman–Crippen MR) is 75.5 cm³/mol. The fourth-order valence-corrected chi connectivity index (χ4v) is 1.67. The van der Waals surface area contributed by atoms with Crippen molar-refractivity contribution < 1.29 is 19.0 Å². The highest BCUT2D eigenvalue weighted by Gasteiger charge is 2.22. The summed E-state index contributed by atoms with van der Waals surface area (Å²) in [6, 6.07) is 3.41. The second-order valence-electron chi connectivity index (χ2n) is 4.62. The zero-order chi connectivity index (χ0) is 15.2. The molecule has 0 saturated heterocycles. The fourth-order valence-electron chi connectivity index (χ4n) is 1.67. The Morgan fingerprint density at radius 2 is 2.00 bits per heavy atom. The summed E-state index contributed by atoms with van der Waals surface area (Å²) < 4.78 is 18.2. The number of benzene rings is 1. The van der Waals surface area contributed by atoms with Gasteiger partial charge < -0.3 is 20.5 Å². The minimum atomic E-state index is -0.920. The maximum absolute atomic E-state index is 13.3. The molecule has 1 aromatic carbocycles. The normalized spacial score (nSPS) is 11.1. The molecule has 0 bridgehead atoms. The van der Waals surface area contributed by atoms with Crippen LogP contribution >= 0.6 is 0 Å². The Morgan fingerprint density at radius 1 is 1.35 bits per heavy atom. The van der Waals surface area contributed by atoms with Crippen molar-refractivity contribution in [2.24, 2.45) is 0 Å². The van der Waals surface area contributed by atoms with Crippen molar-refractivity contribution in [2.75, 3.05) is 19.0 Å². The van der Waals surface area contributed by atoms with Gasteiger partial charge in [0.2, 0.25) is 0 Å². The first kappa shape index (κ1) is 16.2. The monoisotopic (exact) mass is 284 g/mol. The minimum absolute atomic E-state index is 0.137. The van der Waals surface area contributed by atoms with Gasteiger partial charge in [0.1, 0.15) is 11.6 Å². The molecule has 0 aliphatic carbocycles. The molecule has 3 N–H and O–H groups in total. The molecule has 0 fully saturated rings. The lowest BCUT2D eigenvalue weighted by Gasteiger charge is -2.25. The third-order valence-corrected chi connectivity index (χ3v) is 3.26. The SMILES string of the molecule is CCC(O)(CC)CNC(=O)Nc1cc(F)cc(OC)c1. The van der Waals surface area contributed by atoms with Gasteiger partial charge in [0.05, 0.1) is 12.7 Å². The van der Waals surface area contributed by atoms with Gasteiger partial charge in [0, 0.05) is 24.4 Å². The van der Waals surface area contributed by atoms with Crippen LogP contribution in [0.4, 0.5) is 14.9 Å². The molecule has 0 saturated carbocycles. The second kappa shape index (κ2) is 7.09. The quantitative estimate of drug-likeness (QED) is 0.751. The molecule has 6 heteroatoms. The van der Waals surface area contributed by atoms with Gasteiger partial charge in [-0.2, -0.15) is 0 Å². The number of anilines is 1. The highest BCUT2D eigenvalue weighted by atomic mass is 19.1. The van der Waals surface area contributed by atoms with E-state index < -0.39 is 17.4 Å². The van der Waals surface area contributed by atoms with Gasteiger partial charge in [0.25, 0.3) is 0 Å². The smallest absolute Gasteiger partial charge is 0.319 e. The average molecular weight is 284 g/mol. The van der Waals surface area contributed by atoms with Gasteiger partial charge in [-0.05, 0) is 18.9 Å². The van der Waals surface area contributed by atoms with E-state index in [4.69, 9.17) is 4.74 Å². The number of methoxy groups -OCH3 is 1. The molecule has 1 aromatic rings. The van der Waals surface area contributed by atoms with Gasteiger partial charge >= 0.3 is 6.03 Å². The topological polar surface area (TPSA) is 70.6 Å². The number of hydrogen-bond acceptors (Lipinski definition) is 3. The van der Waals surface area contributed by atoms with E-state index in [1.807, 2.05) is 13.8 Å². The first-order valence-corrected chi connectivity index (χ1v) is 6.54. The molecule has 0 aliphatic rings. The van der Waals surface area contributed by atoms with Crippen LogP contribution in [0.2, 0.25) is 0 Å². The van der Waals surface area contributed by atoms with Crippen molar-refractivity contribution in [2.45, 2.75) is 32.3 Å². The lowest BCUT2D eigenvalue weighted by molar-refractivity contribution is 0.0354. The lowest BCUT2D eigenvalue weighted by Crippen LogP contribution is -2.43. The summed E-state index contributed by atoms with van der Waals surface area (Å²) in [7, 11) is 1.42. The molecule has 0 aliphatic heterocycles. The summed E-state index contributed by atoms with van der Waals surface area (Å²) in [6.45, 7) is 3.83. The molecule has 5 nitrogen and oxygen atoms in total. The number of urea groups is 1. The number of amides is 2. The second-order valence-corrected chi connectivity index (χ2v) is 4.62. The number of hydrogen-bond donors (Lipinski definition) is 3. The van der Waals surface area contributed by atoms with Gasteiger partial charge in [-0.3, -0.25) is 0 Å². The molecule has 112 valence electrons. The van der Waals surface area contributed by atoms with Crippen LogP contribution in [0.5, 0.6) is 5.75 Å². The van der Waals surface area contributed by atoms with E-state index in [2.05, 4.69) is 10.6 Å². The molecule has 20 heavy (non-hydrogen) atoms. The number of halogens is 1. The van der Waals surface area contributed by atoms with Crippen LogP contribution < -0.4 is 15.4 Å². The molecule has 2 amide bonds. The first-order valence-electron chi connectivity index (χ1n) is 6.54. The van der Waals surface area contributed by atoms with E-state index in [0.29, 0.717) is 18.6 Å². The molecular formula is C14H21FN2O3. The number of aliphatic hydroxyl groups is 1. The van der Waals surface area contributed by atoms with Crippen molar-refractivity contribution >= 4 is 11.7 Å². The molecule has 0 aromatic heterocycles. The summed E-state index contributed by atoms with van der Waals surface area (Å²) in [4.78, 5) is 11.7. The number of ether oxygens (including phenoxy) is 1. The number of nitrogens with one attached hydrogen (secondary N) is 2. The van der Waals surface area contributed by atoms with Gasteiger partial charge in [0.15, 0.2) is 0 Å². The van der Waals surface area contributed by atoms with Crippen molar-refractivity contribution in [3.63, 3.8) is 0 Å². The Labute approximate surface area is 118 Å². The number of rotatable bonds is 6. The third-order valence-electron chi connectivity index (χ3n) is 3.26. The van der Waals surface area contributed by atoms with Crippen LogP contribution in [0.3, 0.4) is 0 Å². The molecule has 0 unspecified atom stereocenters. The first-order chi connectivity index (χ1) is 9.42. The van der Waals surface area contributed by atoms with E-state index in [9.17, 15) is 14.3 Å². The van der Waals surface area contributed by atoms with E-state index in [1.54, 1.807) is 0 Å². The van der Waals surface area contributed by atoms with E-state index in [1.165, 1.54) is 25.3 Å². The highest BCUT2D eigenvalue weighted by molar-refractivity contribution is 5.89. The Morgan fingerprint density at radius 3 is 2.55 bits per heavy atom. The fraction of sp³-hybridized carbons (Fsp3) is 0.500. The Hall–Kier alpha value is -1.82. The van der Waals surface area contributed by atoms with E-state index in [-0.39, 0.29) is 12.2 Å². The lowest BCUT2D eigenvalue weighted by atomic mass is 9.98. The standard InChI is InChI=1S/C14H21FN2O3/c1-4-14(19,5-2)9-16-13(18)17-11-6-10(15)7-12(8-11)20-3/h6-8,19H,4-5,9H2,1-3H3,(H2,16,17,18). The largest absolute Gasteiger partial charge is 0.497 e. The van der Waals surface area contributed by atoms with E-state index in [0.717, 1.165) is 0 Å². The number of carbonyl (C=O) groups is 1. The summed E-state index contributed by atoms with van der Waals surface area (Å²) in [5.74, 6) is -0.183. The molecule has 0 atom stereocenters. The third kappa shape index (κ3) is 4.70. The average Bonchev–Trinajstić information content (AvgIpc) is 2.44. The van der Waals surface area contributed by atoms with Gasteiger partial charge in [-0.25, -0.2) is 9.18 Å². The maximum atomic E-state index is 13.3. The molecular weight excluding hydrogens is 263 g/mol. The van der Waals surface area contributed by atoms with Crippen molar-refractivity contribution in [1.82, 2.24) is 5.32 Å². The van der Waals surface area contributed by atoms with Gasteiger partial charge in [-0.1, -0.05) is 13.8 Å². The Kier molecular flexibility index (Phi) is 5.76. The zero-order valence-electron chi connectivity index (χ0n) is 12.0. The molecule has 0 spiro atoms. The predicted octanol–water partition coefficient (Wildman–Crippen LogP) is 2.51. The minimum Gasteiger partial charge on any atom is -0.497 e. The number of carbonyl (C=O) groups excluding carboxylic acids is 1. The molecule has 0 radical (unpaired) electrons. The Balaban J connectivity index is 2.60. The summed E-state index contributed by atoms with van der Waals surface area (Å²) in [6.07, 6.45) is 1.08. The molecule has 0 heterocycles. The Bertz CT molecular complexity index is 462. The van der Waals surface area contributed by atoms with Crippen LogP contribution in [-0.2, 0) is 0 Å². The van der Waals surface area contributed by atoms with Crippen molar-refractivity contribution in [3.05, 3.63) is 24.0 Å². The van der Waals surface area contributed by atoms with Crippen molar-refractivity contribution in [1.29, 1.82) is 0 Å². The van der Waals surface area contributed by atoms with Crippen LogP contribution in [0, 0.1) is 5.82 Å². The van der Waals surface area contributed by atoms with Crippen LogP contribution in [0.1, 0.15) is 26.7 Å². The van der Waals surface area contributed by atoms with Crippen molar-refractivity contribution in [3.8, 4) is 5.75 Å². The van der Waals surface area contributed by atoms with Crippen LogP contribution in [0.25, 0.3) is 0 Å². The highest BCUT2D eigenvalue weighted by Crippen LogP contribution is 2.19. The van der Waals surface area contributed by atoms with Crippen LogP contribution in [-0.4, -0.2) is 30.4 Å².